The third-order valence-electron chi connectivity index (χ3n) is 8.36. The van der Waals surface area contributed by atoms with Gasteiger partial charge in [0.1, 0.15) is 11.6 Å². The zero-order valence-electron chi connectivity index (χ0n) is 22.4. The summed E-state index contributed by atoms with van der Waals surface area (Å²) in [6.45, 7) is 4.69. The number of fused-ring (bicyclic) bond motifs is 1. The second kappa shape index (κ2) is 11.4. The highest BCUT2D eigenvalue weighted by molar-refractivity contribution is 9.09. The van der Waals surface area contributed by atoms with Crippen molar-refractivity contribution >= 4 is 39.3 Å². The average molecular weight is 599 g/mol. The maximum Gasteiger partial charge on any atom is 0.250 e. The minimum Gasteiger partial charge on any atom is -0.396 e. The van der Waals surface area contributed by atoms with Crippen LogP contribution < -0.4 is 10.6 Å². The van der Waals surface area contributed by atoms with Crippen molar-refractivity contribution in [3.63, 3.8) is 0 Å². The molecule has 3 unspecified atom stereocenters. The van der Waals surface area contributed by atoms with E-state index in [0.29, 0.717) is 38.0 Å². The van der Waals surface area contributed by atoms with Crippen LogP contribution in [0.1, 0.15) is 42.4 Å². The van der Waals surface area contributed by atoms with Gasteiger partial charge in [-0.1, -0.05) is 58.4 Å². The summed E-state index contributed by atoms with van der Waals surface area (Å²) in [5, 5.41) is 15.3. The Balaban J connectivity index is 1.44. The van der Waals surface area contributed by atoms with E-state index >= 15 is 0 Å². The molecule has 0 aromatic heterocycles. The minimum atomic E-state index is -1.09. The predicted octanol–water partition coefficient (Wildman–Crippen LogP) is 3.47. The summed E-state index contributed by atoms with van der Waals surface area (Å²) in [5.41, 5.74) is 2.52. The van der Waals surface area contributed by atoms with Gasteiger partial charge in [0.05, 0.1) is 17.9 Å². The van der Waals surface area contributed by atoms with Crippen molar-refractivity contribution in [3.8, 4) is 0 Å². The maximum atomic E-state index is 14.0. The molecule has 3 N–H and O–H groups in total. The molecule has 39 heavy (non-hydrogen) atoms. The number of unbranched alkanes of at least 4 members (excludes halogenated alkanes) is 2. The summed E-state index contributed by atoms with van der Waals surface area (Å²) in [6, 6.07) is 14.6. The molecule has 2 aromatic carbocycles. The number of anilines is 1. The molecule has 6 atom stereocenters. The van der Waals surface area contributed by atoms with Gasteiger partial charge in [-0.05, 0) is 62.3 Å². The number of likely N-dealkylation sites (tertiary alicyclic amines) is 1. The monoisotopic (exact) mass is 597 g/mol. The van der Waals surface area contributed by atoms with Gasteiger partial charge in [0.15, 0.2) is 0 Å². The van der Waals surface area contributed by atoms with E-state index in [9.17, 15) is 19.5 Å². The molecule has 3 amide bonds. The number of benzene rings is 2. The molecule has 1 spiro atoms. The summed E-state index contributed by atoms with van der Waals surface area (Å²) < 4.78 is 6.56. The molecule has 208 valence electrons. The third-order valence-corrected chi connectivity index (χ3v) is 9.20. The first-order chi connectivity index (χ1) is 18.8. The molecule has 2 bridgehead atoms. The number of halogens is 1. The minimum absolute atomic E-state index is 0.0801. The Kier molecular flexibility index (Phi) is 8.12. The van der Waals surface area contributed by atoms with E-state index in [4.69, 9.17) is 4.74 Å². The van der Waals surface area contributed by atoms with Gasteiger partial charge in [-0.25, -0.2) is 0 Å². The Morgan fingerprint density at radius 2 is 1.87 bits per heavy atom. The average Bonchev–Trinajstić information content (AvgIpc) is 3.51. The highest BCUT2D eigenvalue weighted by Crippen LogP contribution is 2.60. The van der Waals surface area contributed by atoms with Crippen LogP contribution in [0.25, 0.3) is 0 Å². The molecular weight excluding hydrogens is 562 g/mol. The molecular formula is C30H36BrN3O5. The second-order valence-corrected chi connectivity index (χ2v) is 12.2. The van der Waals surface area contributed by atoms with Crippen LogP contribution >= 0.6 is 15.9 Å². The van der Waals surface area contributed by atoms with Gasteiger partial charge in [-0.15, -0.1) is 0 Å². The standard InChI is InChI=1S/C30H36BrN3O5/c1-18-11-12-19(2)22(15-18)33-28(37)26-30-16-21(31)25(39-30)23(27(36)32-17-20-9-5-3-6-10-20)24(30)29(38)34(26)13-7-4-8-14-35/h3,5-6,9-12,15,21,23-26,35H,4,7-8,13-14,16-17H2,1-2H3,(H,32,36)(H,33,37)/t21?,23-,24+,25-,26?,30?/m1/s1. The van der Waals surface area contributed by atoms with Crippen molar-refractivity contribution in [1.29, 1.82) is 0 Å². The third kappa shape index (κ3) is 5.12. The summed E-state index contributed by atoms with van der Waals surface area (Å²) in [7, 11) is 0. The van der Waals surface area contributed by atoms with Crippen molar-refractivity contribution in [1.82, 2.24) is 10.2 Å². The lowest BCUT2D eigenvalue weighted by atomic mass is 9.70. The molecule has 0 saturated carbocycles. The first kappa shape index (κ1) is 27.8. The van der Waals surface area contributed by atoms with E-state index in [1.165, 1.54) is 0 Å². The molecule has 9 heteroatoms. The van der Waals surface area contributed by atoms with E-state index < -0.39 is 29.6 Å². The van der Waals surface area contributed by atoms with Crippen molar-refractivity contribution in [2.45, 2.75) is 68.6 Å². The van der Waals surface area contributed by atoms with Crippen molar-refractivity contribution in [2.75, 3.05) is 18.5 Å². The van der Waals surface area contributed by atoms with Gasteiger partial charge in [0, 0.05) is 30.2 Å². The van der Waals surface area contributed by atoms with Crippen LogP contribution in [0.3, 0.4) is 0 Å². The number of nitrogens with one attached hydrogen (secondary N) is 2. The normalized spacial score (nSPS) is 29.0. The van der Waals surface area contributed by atoms with E-state index in [-0.39, 0.29) is 29.2 Å². The van der Waals surface area contributed by atoms with E-state index in [1.807, 2.05) is 62.4 Å². The van der Waals surface area contributed by atoms with Gasteiger partial charge in [-0.2, -0.15) is 0 Å². The molecule has 0 radical (unpaired) electrons. The zero-order chi connectivity index (χ0) is 27.7. The Bertz CT molecular complexity index is 1240. The smallest absolute Gasteiger partial charge is 0.250 e. The number of ether oxygens (including phenoxy) is 1. The highest BCUT2D eigenvalue weighted by Gasteiger charge is 2.76. The number of hydrogen-bond acceptors (Lipinski definition) is 5. The molecule has 3 fully saturated rings. The highest BCUT2D eigenvalue weighted by atomic mass is 79.9. The fourth-order valence-corrected chi connectivity index (χ4v) is 7.46. The lowest BCUT2D eigenvalue weighted by Gasteiger charge is -2.34. The summed E-state index contributed by atoms with van der Waals surface area (Å²) in [4.78, 5) is 43.1. The van der Waals surface area contributed by atoms with Crippen LogP contribution in [0.15, 0.2) is 48.5 Å². The van der Waals surface area contributed by atoms with Gasteiger partial charge >= 0.3 is 0 Å². The summed E-state index contributed by atoms with van der Waals surface area (Å²) in [5.74, 6) is -2.17. The molecule has 3 aliphatic rings. The second-order valence-electron chi connectivity index (χ2n) is 11.0. The van der Waals surface area contributed by atoms with Gasteiger partial charge < -0.3 is 25.4 Å². The van der Waals surface area contributed by atoms with Crippen LogP contribution in [0.4, 0.5) is 5.69 Å². The number of alkyl halides is 1. The summed E-state index contributed by atoms with van der Waals surface area (Å²) in [6.07, 6.45) is 1.97. The van der Waals surface area contributed by atoms with Crippen LogP contribution in [0.2, 0.25) is 0 Å². The van der Waals surface area contributed by atoms with Crippen molar-refractivity contribution in [3.05, 3.63) is 65.2 Å². The number of aryl methyl sites for hydroxylation is 2. The first-order valence-electron chi connectivity index (χ1n) is 13.7. The number of amides is 3. The number of hydrogen-bond donors (Lipinski definition) is 3. The van der Waals surface area contributed by atoms with Crippen molar-refractivity contribution < 1.29 is 24.2 Å². The number of nitrogens with zero attached hydrogens (tertiary/aromatic N) is 1. The quantitative estimate of drug-likeness (QED) is 0.287. The Hall–Kier alpha value is -2.75. The Morgan fingerprint density at radius 3 is 2.62 bits per heavy atom. The van der Waals surface area contributed by atoms with Gasteiger partial charge in [0.2, 0.25) is 17.7 Å². The fourth-order valence-electron chi connectivity index (χ4n) is 6.52. The van der Waals surface area contributed by atoms with Crippen LogP contribution in [0.5, 0.6) is 0 Å². The number of aliphatic hydroxyl groups excluding tert-OH is 1. The van der Waals surface area contributed by atoms with Gasteiger partial charge in [0.25, 0.3) is 0 Å². The Morgan fingerprint density at radius 1 is 1.10 bits per heavy atom. The molecule has 3 aliphatic heterocycles. The first-order valence-corrected chi connectivity index (χ1v) is 14.6. The number of rotatable bonds is 10. The van der Waals surface area contributed by atoms with E-state index in [1.54, 1.807) is 4.90 Å². The van der Waals surface area contributed by atoms with E-state index in [2.05, 4.69) is 26.6 Å². The molecule has 2 aromatic rings. The lowest BCUT2D eigenvalue weighted by Crippen LogP contribution is -2.54. The number of carbonyl (C=O) groups is 3. The van der Waals surface area contributed by atoms with Crippen LogP contribution in [0, 0.1) is 25.7 Å². The summed E-state index contributed by atoms with van der Waals surface area (Å²) >= 11 is 3.71. The number of aliphatic hydroxyl groups is 1. The molecule has 3 saturated heterocycles. The van der Waals surface area contributed by atoms with Crippen molar-refractivity contribution in [2.24, 2.45) is 11.8 Å². The fraction of sp³-hybridized carbons (Fsp3) is 0.500. The Labute approximate surface area is 237 Å². The maximum absolute atomic E-state index is 14.0. The van der Waals surface area contributed by atoms with Crippen LogP contribution in [-0.2, 0) is 25.7 Å². The largest absolute Gasteiger partial charge is 0.396 e. The molecule has 5 rings (SSSR count). The molecule has 8 nitrogen and oxygen atoms in total. The van der Waals surface area contributed by atoms with E-state index in [0.717, 1.165) is 23.1 Å². The number of carbonyl (C=O) groups excluding carboxylic acids is 3. The molecule has 0 aliphatic carbocycles. The molecule has 3 heterocycles. The predicted molar refractivity (Wildman–Crippen MR) is 151 cm³/mol. The topological polar surface area (TPSA) is 108 Å². The zero-order valence-corrected chi connectivity index (χ0v) is 23.9. The van der Waals surface area contributed by atoms with Crippen LogP contribution in [-0.4, -0.2) is 63.5 Å². The van der Waals surface area contributed by atoms with Gasteiger partial charge in [-0.3, -0.25) is 14.4 Å². The SMILES string of the molecule is Cc1ccc(C)c(NC(=O)C2N(CCCCCO)C(=O)[C@@H]3[C@@H](C(=O)NCc4ccccc4)[C@@H]4OC23CC4Br)c1. The lowest BCUT2D eigenvalue weighted by molar-refractivity contribution is -0.140.